The van der Waals surface area contributed by atoms with Crippen molar-refractivity contribution >= 4 is 40.6 Å². The third-order valence-electron chi connectivity index (χ3n) is 6.19. The first-order valence-corrected chi connectivity index (χ1v) is 13.0. The van der Waals surface area contributed by atoms with E-state index in [0.29, 0.717) is 22.7 Å². The average molecular weight is 560 g/mol. The van der Waals surface area contributed by atoms with Crippen LogP contribution < -0.4 is 31.2 Å². The van der Waals surface area contributed by atoms with Crippen LogP contribution in [0.15, 0.2) is 72.8 Å². The van der Waals surface area contributed by atoms with Gasteiger partial charge < -0.3 is 26.3 Å². The number of methoxy groups -OCH3 is 2. The first-order valence-electron chi connectivity index (χ1n) is 12.2. The van der Waals surface area contributed by atoms with E-state index in [-0.39, 0.29) is 22.8 Å². The number of primary amides is 1. The molecule has 1 aromatic heterocycles. The second kappa shape index (κ2) is 12.3. The summed E-state index contributed by atoms with van der Waals surface area (Å²) in [6.07, 6.45) is 0. The number of aromatic nitrogens is 1. The van der Waals surface area contributed by atoms with E-state index in [1.807, 2.05) is 43.3 Å². The fraction of sp³-hybridized carbons (Fsp3) is 0.172. The summed E-state index contributed by atoms with van der Waals surface area (Å²) in [5, 5.41) is 2.95. The van der Waals surface area contributed by atoms with Crippen molar-refractivity contribution < 1.29 is 23.9 Å². The highest BCUT2D eigenvalue weighted by Gasteiger charge is 2.36. The zero-order valence-corrected chi connectivity index (χ0v) is 23.0. The van der Waals surface area contributed by atoms with Gasteiger partial charge in [0.25, 0.3) is 11.8 Å². The molecule has 0 fully saturated rings. The molecule has 5 N–H and O–H groups in total. The van der Waals surface area contributed by atoms with E-state index in [0.717, 1.165) is 22.7 Å². The minimum atomic E-state index is -1.17. The van der Waals surface area contributed by atoms with E-state index in [4.69, 9.17) is 20.9 Å². The molecule has 0 bridgehead atoms. The first-order chi connectivity index (χ1) is 19.2. The number of nitrogens with two attached hydrogens (primary N) is 2. The van der Waals surface area contributed by atoms with Gasteiger partial charge in [0.1, 0.15) is 10.9 Å². The quantitative estimate of drug-likeness (QED) is 0.267. The number of nitrogens with zero attached hydrogens (tertiary/aromatic N) is 2. The van der Waals surface area contributed by atoms with Crippen LogP contribution in [-0.2, 0) is 11.3 Å². The molecular weight excluding hydrogens is 530 g/mol. The van der Waals surface area contributed by atoms with E-state index in [9.17, 15) is 14.4 Å². The molecule has 0 aliphatic carbocycles. The van der Waals surface area contributed by atoms with Crippen LogP contribution >= 0.6 is 11.5 Å². The lowest BCUT2D eigenvalue weighted by molar-refractivity contribution is -0.122. The molecule has 4 aromatic rings. The highest BCUT2D eigenvalue weighted by molar-refractivity contribution is 7.09. The number of carbonyl (C=O) groups is 3. The van der Waals surface area contributed by atoms with Gasteiger partial charge in [0.15, 0.2) is 17.2 Å². The van der Waals surface area contributed by atoms with Crippen molar-refractivity contribution in [3.8, 4) is 11.5 Å². The second-order valence-electron chi connectivity index (χ2n) is 8.87. The highest BCUT2D eigenvalue weighted by atomic mass is 32.1. The number of hydrogen-bond acceptors (Lipinski definition) is 8. The first kappa shape index (κ1) is 28.1. The van der Waals surface area contributed by atoms with E-state index >= 15 is 0 Å². The molecule has 0 aliphatic heterocycles. The molecular formula is C29H29N5O5S. The Bertz CT molecular complexity index is 1540. The molecule has 3 aromatic carbocycles. The van der Waals surface area contributed by atoms with E-state index in [1.165, 1.54) is 19.1 Å². The van der Waals surface area contributed by atoms with Crippen LogP contribution in [0.3, 0.4) is 0 Å². The number of rotatable bonds is 10. The van der Waals surface area contributed by atoms with E-state index < -0.39 is 23.8 Å². The van der Waals surface area contributed by atoms with Crippen LogP contribution in [0.2, 0.25) is 0 Å². The Kier molecular flexibility index (Phi) is 8.65. The summed E-state index contributed by atoms with van der Waals surface area (Å²) in [5.41, 5.74) is 13.8. The van der Waals surface area contributed by atoms with Gasteiger partial charge >= 0.3 is 0 Å². The SMILES string of the molecule is COc1ccc(C(C(=O)NCc2ccccc2)N(C(=O)c2snc(C(N)=O)c2N)c2cccc(C)c2)cc1OC. The van der Waals surface area contributed by atoms with Gasteiger partial charge in [-0.25, -0.2) is 0 Å². The number of benzene rings is 3. The minimum Gasteiger partial charge on any atom is -0.493 e. The number of amides is 3. The minimum absolute atomic E-state index is 0.0170. The number of nitrogen functional groups attached to an aromatic ring is 1. The molecule has 10 nitrogen and oxygen atoms in total. The van der Waals surface area contributed by atoms with Gasteiger partial charge in [0.05, 0.1) is 19.9 Å². The molecule has 1 atom stereocenters. The van der Waals surface area contributed by atoms with Gasteiger partial charge in [0.2, 0.25) is 5.91 Å². The fourth-order valence-corrected chi connectivity index (χ4v) is 4.96. The average Bonchev–Trinajstić information content (AvgIpc) is 3.35. The number of carbonyl (C=O) groups excluding carboxylic acids is 3. The summed E-state index contributed by atoms with van der Waals surface area (Å²) >= 11 is 0.745. The van der Waals surface area contributed by atoms with Crippen molar-refractivity contribution in [1.29, 1.82) is 0 Å². The lowest BCUT2D eigenvalue weighted by Crippen LogP contribution is -2.44. The van der Waals surface area contributed by atoms with Crippen LogP contribution in [-0.4, -0.2) is 36.3 Å². The van der Waals surface area contributed by atoms with Crippen molar-refractivity contribution in [2.24, 2.45) is 5.73 Å². The number of anilines is 2. The maximum atomic E-state index is 14.2. The molecule has 4 rings (SSSR count). The predicted molar refractivity (Wildman–Crippen MR) is 154 cm³/mol. The maximum Gasteiger partial charge on any atom is 0.273 e. The van der Waals surface area contributed by atoms with Gasteiger partial charge in [-0.3, -0.25) is 19.3 Å². The van der Waals surface area contributed by atoms with Crippen LogP contribution in [0.25, 0.3) is 0 Å². The Balaban J connectivity index is 1.88. The topological polar surface area (TPSA) is 150 Å². The van der Waals surface area contributed by atoms with Gasteiger partial charge in [-0.1, -0.05) is 48.5 Å². The largest absolute Gasteiger partial charge is 0.493 e. The predicted octanol–water partition coefficient (Wildman–Crippen LogP) is 3.85. The second-order valence-corrected chi connectivity index (χ2v) is 9.65. The molecule has 0 radical (unpaired) electrons. The Labute approximate surface area is 235 Å². The van der Waals surface area contributed by atoms with Crippen molar-refractivity contribution in [1.82, 2.24) is 9.69 Å². The molecule has 0 spiro atoms. The molecule has 3 amide bonds. The smallest absolute Gasteiger partial charge is 0.273 e. The summed E-state index contributed by atoms with van der Waals surface area (Å²) in [6.45, 7) is 2.10. The zero-order valence-electron chi connectivity index (χ0n) is 22.2. The van der Waals surface area contributed by atoms with Gasteiger partial charge in [-0.2, -0.15) is 4.37 Å². The summed E-state index contributed by atoms with van der Waals surface area (Å²) in [5.74, 6) is -1.09. The molecule has 40 heavy (non-hydrogen) atoms. The fourth-order valence-electron chi connectivity index (χ4n) is 4.22. The third-order valence-corrected chi connectivity index (χ3v) is 7.04. The van der Waals surface area contributed by atoms with Gasteiger partial charge in [0, 0.05) is 12.2 Å². The van der Waals surface area contributed by atoms with E-state index in [1.54, 1.807) is 36.4 Å². The highest BCUT2D eigenvalue weighted by Crippen LogP contribution is 2.37. The van der Waals surface area contributed by atoms with Crippen LogP contribution in [0.1, 0.15) is 42.9 Å². The summed E-state index contributed by atoms with van der Waals surface area (Å²) in [7, 11) is 2.99. The third kappa shape index (κ3) is 5.89. The van der Waals surface area contributed by atoms with Gasteiger partial charge in [-0.05, 0) is 59.4 Å². The number of nitrogens with one attached hydrogen (secondary N) is 1. The Morgan fingerprint density at radius 3 is 2.33 bits per heavy atom. The summed E-state index contributed by atoms with van der Waals surface area (Å²) < 4.78 is 14.9. The molecule has 1 unspecified atom stereocenters. The lowest BCUT2D eigenvalue weighted by atomic mass is 10.0. The van der Waals surface area contributed by atoms with Crippen molar-refractivity contribution in [3.63, 3.8) is 0 Å². The van der Waals surface area contributed by atoms with E-state index in [2.05, 4.69) is 9.69 Å². The van der Waals surface area contributed by atoms with Crippen LogP contribution in [0.4, 0.5) is 11.4 Å². The monoisotopic (exact) mass is 559 g/mol. The lowest BCUT2D eigenvalue weighted by Gasteiger charge is -2.32. The van der Waals surface area contributed by atoms with Crippen molar-refractivity contribution in [2.75, 3.05) is 24.9 Å². The Hall–Kier alpha value is -4.90. The van der Waals surface area contributed by atoms with Crippen molar-refractivity contribution in [3.05, 3.63) is 100 Å². The molecule has 0 saturated heterocycles. The Morgan fingerprint density at radius 1 is 0.975 bits per heavy atom. The molecule has 1 heterocycles. The summed E-state index contributed by atoms with van der Waals surface area (Å²) in [4.78, 5) is 41.4. The number of aryl methyl sites for hydroxylation is 1. The molecule has 0 saturated carbocycles. The van der Waals surface area contributed by atoms with Crippen LogP contribution in [0.5, 0.6) is 11.5 Å². The molecule has 11 heteroatoms. The molecule has 206 valence electrons. The van der Waals surface area contributed by atoms with Crippen molar-refractivity contribution in [2.45, 2.75) is 19.5 Å². The maximum absolute atomic E-state index is 14.2. The van der Waals surface area contributed by atoms with Gasteiger partial charge in [-0.15, -0.1) is 0 Å². The molecule has 0 aliphatic rings. The normalized spacial score (nSPS) is 11.4. The number of hydrogen-bond donors (Lipinski definition) is 3. The Morgan fingerprint density at radius 2 is 1.70 bits per heavy atom. The summed E-state index contributed by atoms with van der Waals surface area (Å²) in [6, 6.07) is 20.4. The zero-order chi connectivity index (χ0) is 28.8. The number of ether oxygens (including phenoxy) is 2. The standard InChI is InChI=1S/C29H29N5O5S/c1-17-8-7-11-20(14-17)34(29(37)26-23(30)24(27(31)35)33-40-26)25(19-12-13-21(38-2)22(15-19)39-3)28(36)32-16-18-9-5-4-6-10-18/h4-15,25H,16,30H2,1-3H3,(H2,31,35)(H,32,36). The van der Waals surface area contributed by atoms with Crippen LogP contribution in [0, 0.1) is 6.92 Å².